The van der Waals surface area contributed by atoms with Crippen LogP contribution in [0, 0.1) is 6.92 Å². The molecule has 4 rings (SSSR count). The lowest BCUT2D eigenvalue weighted by molar-refractivity contribution is 0.0747. The van der Waals surface area contributed by atoms with Gasteiger partial charge in [0.25, 0.3) is 5.91 Å². The summed E-state index contributed by atoms with van der Waals surface area (Å²) in [5.41, 5.74) is 3.33. The largest absolute Gasteiger partial charge is 0.487 e. The molecule has 0 aliphatic carbocycles. The van der Waals surface area contributed by atoms with Crippen molar-refractivity contribution in [3.05, 3.63) is 65.6 Å². The smallest absolute Gasteiger partial charge is 0.253 e. The highest BCUT2D eigenvalue weighted by Crippen LogP contribution is 2.20. The zero-order valence-electron chi connectivity index (χ0n) is 16.4. The van der Waals surface area contributed by atoms with Crippen LogP contribution in [-0.4, -0.2) is 53.2 Å². The molecule has 1 aliphatic rings. The van der Waals surface area contributed by atoms with E-state index in [-0.39, 0.29) is 23.5 Å². The number of fused-ring (bicyclic) bond motifs is 1. The van der Waals surface area contributed by atoms with E-state index in [0.29, 0.717) is 24.3 Å². The van der Waals surface area contributed by atoms with Gasteiger partial charge in [-0.1, -0.05) is 6.07 Å². The number of carbonyl (C=O) groups is 1. The Kier molecular flexibility index (Phi) is 5.04. The molecule has 0 N–H and O–H groups in total. The van der Waals surface area contributed by atoms with Crippen molar-refractivity contribution in [1.82, 2.24) is 14.3 Å². The molecule has 152 valence electrons. The van der Waals surface area contributed by atoms with Crippen LogP contribution in [-0.2, 0) is 16.4 Å². The predicted molar refractivity (Wildman–Crippen MR) is 110 cm³/mol. The van der Waals surface area contributed by atoms with Crippen LogP contribution in [0.15, 0.2) is 48.8 Å². The molecule has 1 aromatic carbocycles. The lowest BCUT2D eigenvalue weighted by Gasteiger charge is -2.23. The number of hydrogen-bond acceptors (Lipinski definition) is 5. The van der Waals surface area contributed by atoms with E-state index in [2.05, 4.69) is 4.98 Å². The Morgan fingerprint density at radius 3 is 2.69 bits per heavy atom. The van der Waals surface area contributed by atoms with Crippen molar-refractivity contribution in [2.75, 3.05) is 18.6 Å². The number of nitrogens with zero attached hydrogens (tertiary/aromatic N) is 3. The van der Waals surface area contributed by atoms with Gasteiger partial charge in [-0.25, -0.2) is 13.4 Å². The normalized spacial score (nSPS) is 18.1. The van der Waals surface area contributed by atoms with Gasteiger partial charge in [-0.05, 0) is 49.2 Å². The Labute approximate surface area is 169 Å². The van der Waals surface area contributed by atoms with Gasteiger partial charge < -0.3 is 14.0 Å². The lowest BCUT2D eigenvalue weighted by Crippen LogP contribution is -2.37. The lowest BCUT2D eigenvalue weighted by atomic mass is 10.1. The Morgan fingerprint density at radius 2 is 2.03 bits per heavy atom. The number of imidazole rings is 1. The Balaban J connectivity index is 1.39. The van der Waals surface area contributed by atoms with Crippen molar-refractivity contribution >= 4 is 21.4 Å². The summed E-state index contributed by atoms with van der Waals surface area (Å²) in [5, 5.41) is 0. The average Bonchev–Trinajstić information content (AvgIpc) is 3.29. The topological polar surface area (TPSA) is 81.0 Å². The summed E-state index contributed by atoms with van der Waals surface area (Å²) in [5.74, 6) is 0.635. The van der Waals surface area contributed by atoms with Gasteiger partial charge in [0.2, 0.25) is 0 Å². The average molecular weight is 413 g/mol. The van der Waals surface area contributed by atoms with Crippen molar-refractivity contribution in [3.8, 4) is 5.75 Å². The molecule has 1 fully saturated rings. The molecular formula is C21H23N3O4S. The summed E-state index contributed by atoms with van der Waals surface area (Å²) in [6.45, 7) is 2.34. The van der Waals surface area contributed by atoms with Gasteiger partial charge in [0.05, 0.1) is 17.2 Å². The van der Waals surface area contributed by atoms with Gasteiger partial charge in [0, 0.05) is 31.0 Å². The third kappa shape index (κ3) is 4.12. The zero-order chi connectivity index (χ0) is 20.6. The molecule has 29 heavy (non-hydrogen) atoms. The summed E-state index contributed by atoms with van der Waals surface area (Å²) in [6.07, 6.45) is 4.38. The maximum Gasteiger partial charge on any atom is 0.253 e. The van der Waals surface area contributed by atoms with E-state index in [1.54, 1.807) is 31.3 Å². The molecule has 1 aliphatic heterocycles. The predicted octanol–water partition coefficient (Wildman–Crippen LogP) is 2.48. The third-order valence-electron chi connectivity index (χ3n) is 5.29. The van der Waals surface area contributed by atoms with E-state index < -0.39 is 9.84 Å². The summed E-state index contributed by atoms with van der Waals surface area (Å²) in [4.78, 5) is 18.7. The number of rotatable bonds is 5. The molecule has 1 saturated heterocycles. The second kappa shape index (κ2) is 7.51. The number of amides is 1. The molecule has 0 spiro atoms. The zero-order valence-corrected chi connectivity index (χ0v) is 17.2. The maximum atomic E-state index is 12.6. The highest BCUT2D eigenvalue weighted by Gasteiger charge is 2.33. The second-order valence-electron chi connectivity index (χ2n) is 7.44. The fraction of sp³-hybridized carbons (Fsp3) is 0.333. The van der Waals surface area contributed by atoms with Crippen LogP contribution in [0.2, 0.25) is 0 Å². The van der Waals surface area contributed by atoms with Gasteiger partial charge in [0.1, 0.15) is 18.0 Å². The summed E-state index contributed by atoms with van der Waals surface area (Å²) in [7, 11) is -1.37. The van der Waals surface area contributed by atoms with Gasteiger partial charge in [0.15, 0.2) is 9.84 Å². The van der Waals surface area contributed by atoms with Crippen LogP contribution in [0.4, 0.5) is 0 Å². The molecule has 0 radical (unpaired) electrons. The summed E-state index contributed by atoms with van der Waals surface area (Å²) < 4.78 is 31.1. The third-order valence-corrected chi connectivity index (χ3v) is 7.04. The van der Waals surface area contributed by atoms with Gasteiger partial charge in [-0.15, -0.1) is 0 Å². The number of aryl methyl sites for hydroxylation is 1. The molecule has 3 heterocycles. The second-order valence-corrected chi connectivity index (χ2v) is 9.67. The highest BCUT2D eigenvalue weighted by atomic mass is 32.2. The fourth-order valence-corrected chi connectivity index (χ4v) is 5.35. The number of carbonyl (C=O) groups excluding carboxylic acids is 1. The summed E-state index contributed by atoms with van der Waals surface area (Å²) in [6, 6.07) is 10.6. The van der Waals surface area contributed by atoms with Crippen LogP contribution >= 0.6 is 0 Å². The molecule has 8 heteroatoms. The minimum atomic E-state index is -3.03. The molecule has 7 nitrogen and oxygen atoms in total. The number of sulfone groups is 1. The Hall–Kier alpha value is -2.87. The molecule has 2 aromatic heterocycles. The number of aromatic nitrogens is 2. The van der Waals surface area contributed by atoms with Crippen LogP contribution in [0.5, 0.6) is 5.75 Å². The first-order valence-corrected chi connectivity index (χ1v) is 11.3. The molecular weight excluding hydrogens is 390 g/mol. The minimum Gasteiger partial charge on any atom is -0.487 e. The van der Waals surface area contributed by atoms with Gasteiger partial charge in [-0.2, -0.15) is 0 Å². The summed E-state index contributed by atoms with van der Waals surface area (Å²) >= 11 is 0. The molecule has 3 aromatic rings. The molecule has 0 unspecified atom stereocenters. The van der Waals surface area contributed by atoms with E-state index in [1.807, 2.05) is 35.9 Å². The fourth-order valence-electron chi connectivity index (χ4n) is 3.58. The van der Waals surface area contributed by atoms with Crippen LogP contribution in [0.25, 0.3) is 5.65 Å². The number of benzene rings is 1. The van der Waals surface area contributed by atoms with Crippen molar-refractivity contribution in [2.45, 2.75) is 26.0 Å². The van der Waals surface area contributed by atoms with E-state index in [9.17, 15) is 13.2 Å². The van der Waals surface area contributed by atoms with Crippen LogP contribution < -0.4 is 4.74 Å². The molecule has 1 amide bonds. The number of pyridine rings is 1. The minimum absolute atomic E-state index is 0.0366. The van der Waals surface area contributed by atoms with Gasteiger partial charge >= 0.3 is 0 Å². The quantitative estimate of drug-likeness (QED) is 0.642. The van der Waals surface area contributed by atoms with Crippen molar-refractivity contribution in [3.63, 3.8) is 0 Å². The Morgan fingerprint density at radius 1 is 1.28 bits per heavy atom. The van der Waals surface area contributed by atoms with E-state index in [0.717, 1.165) is 16.9 Å². The molecule has 0 saturated carbocycles. The highest BCUT2D eigenvalue weighted by molar-refractivity contribution is 7.91. The monoisotopic (exact) mass is 413 g/mol. The number of hydrogen-bond donors (Lipinski definition) is 0. The first-order chi connectivity index (χ1) is 13.8. The maximum absolute atomic E-state index is 12.6. The van der Waals surface area contributed by atoms with Crippen LogP contribution in [0.3, 0.4) is 0 Å². The van der Waals surface area contributed by atoms with Crippen LogP contribution in [0.1, 0.15) is 28.0 Å². The van der Waals surface area contributed by atoms with Crippen molar-refractivity contribution < 1.29 is 17.9 Å². The van der Waals surface area contributed by atoms with E-state index >= 15 is 0 Å². The SMILES string of the molecule is Cc1cccn2cc(COc3ccc(C(=O)N(C)[C@H]4CCS(=O)(=O)C4)cc3)nc12. The van der Waals surface area contributed by atoms with Crippen molar-refractivity contribution in [1.29, 1.82) is 0 Å². The van der Waals surface area contributed by atoms with E-state index in [4.69, 9.17) is 4.74 Å². The Bertz CT molecular complexity index is 1150. The van der Waals surface area contributed by atoms with E-state index in [1.165, 1.54) is 4.90 Å². The molecule has 1 atom stereocenters. The molecule has 0 bridgehead atoms. The first kappa shape index (κ1) is 19.4. The standard InChI is InChI=1S/C21H23N3O4S/c1-15-4-3-10-24-12-17(22-20(15)24)13-28-19-7-5-16(6-8-19)21(25)23(2)18-9-11-29(26,27)14-18/h3-8,10,12,18H,9,11,13-14H2,1-2H3/t18-/m0/s1. The first-order valence-electron chi connectivity index (χ1n) is 9.46. The van der Waals surface area contributed by atoms with Crippen molar-refractivity contribution in [2.24, 2.45) is 0 Å². The van der Waals surface area contributed by atoms with Gasteiger partial charge in [-0.3, -0.25) is 4.79 Å². The number of ether oxygens (including phenoxy) is 1.